The maximum absolute atomic E-state index is 11.5. The monoisotopic (exact) mass is 275 g/mol. The Kier molecular flexibility index (Phi) is 5.20. The van der Waals surface area contributed by atoms with Gasteiger partial charge in [-0.15, -0.1) is 11.3 Å². The average molecular weight is 275 g/mol. The number of carbonyl (C=O) groups is 2. The average Bonchev–Trinajstić information content (AvgIpc) is 2.76. The Morgan fingerprint density at radius 3 is 2.72 bits per heavy atom. The summed E-state index contributed by atoms with van der Waals surface area (Å²) in [4.78, 5) is 25.8. The van der Waals surface area contributed by atoms with Crippen molar-refractivity contribution in [3.8, 4) is 0 Å². The predicted octanol–water partition coefficient (Wildman–Crippen LogP) is 0.189. The van der Waals surface area contributed by atoms with Crippen LogP contribution in [0.25, 0.3) is 0 Å². The van der Waals surface area contributed by atoms with Crippen LogP contribution in [-0.4, -0.2) is 45.0 Å². The summed E-state index contributed by atoms with van der Waals surface area (Å²) in [6, 6.07) is 0. The quantitative estimate of drug-likeness (QED) is 0.634. The third kappa shape index (κ3) is 3.49. The first-order valence-electron chi connectivity index (χ1n) is 5.15. The molecule has 18 heavy (non-hydrogen) atoms. The Bertz CT molecular complexity index is 432. The number of ether oxygens (including phenoxy) is 1. The highest BCUT2D eigenvalue weighted by molar-refractivity contribution is 7.10. The highest BCUT2D eigenvalue weighted by atomic mass is 32.1. The summed E-state index contributed by atoms with van der Waals surface area (Å²) in [6.45, 7) is 1.78. The van der Waals surface area contributed by atoms with E-state index in [1.54, 1.807) is 6.92 Å². The molecule has 1 aromatic heterocycles. The number of carboxylic acids is 1. The number of nitrogens with zero attached hydrogens (tertiary/aromatic N) is 1. The molecular weight excluding hydrogens is 262 g/mol. The Balaban J connectivity index is 2.86. The summed E-state index contributed by atoms with van der Waals surface area (Å²) in [6.07, 6.45) is -3.61. The van der Waals surface area contributed by atoms with Crippen molar-refractivity contribution in [2.45, 2.75) is 25.6 Å². The molecule has 0 spiro atoms. The summed E-state index contributed by atoms with van der Waals surface area (Å²) >= 11 is 0.952. The van der Waals surface area contributed by atoms with Crippen LogP contribution in [0.3, 0.4) is 0 Å². The van der Waals surface area contributed by atoms with Crippen molar-refractivity contribution in [2.24, 2.45) is 0 Å². The molecule has 3 N–H and O–H groups in total. The molecule has 0 aliphatic rings. The third-order valence-corrected chi connectivity index (χ3v) is 2.98. The molecule has 0 aliphatic carbocycles. The summed E-state index contributed by atoms with van der Waals surface area (Å²) < 4.78 is 4.73. The molecule has 0 fully saturated rings. The standard InChI is InChI=1S/C10H13NO6S/c1-2-17-10(16)7-9(18-4-11-7)8(15)5(12)3-6(13)14/h4-5,8,12,15H,2-3H2,1H3,(H,13,14). The molecule has 0 saturated carbocycles. The molecule has 0 aliphatic heterocycles. The van der Waals surface area contributed by atoms with Crippen LogP contribution < -0.4 is 0 Å². The van der Waals surface area contributed by atoms with Crippen molar-refractivity contribution >= 4 is 23.3 Å². The van der Waals surface area contributed by atoms with Crippen LogP contribution in [0.1, 0.15) is 34.8 Å². The number of rotatable bonds is 6. The molecule has 1 aromatic rings. The van der Waals surface area contributed by atoms with Gasteiger partial charge >= 0.3 is 11.9 Å². The Hall–Kier alpha value is -1.51. The van der Waals surface area contributed by atoms with Crippen LogP contribution in [0, 0.1) is 0 Å². The van der Waals surface area contributed by atoms with Crippen molar-refractivity contribution in [2.75, 3.05) is 6.61 Å². The second kappa shape index (κ2) is 6.43. The van der Waals surface area contributed by atoms with E-state index in [4.69, 9.17) is 9.84 Å². The van der Waals surface area contributed by atoms with E-state index in [1.165, 1.54) is 5.51 Å². The van der Waals surface area contributed by atoms with E-state index in [0.717, 1.165) is 11.3 Å². The lowest BCUT2D eigenvalue weighted by Crippen LogP contribution is -2.23. The van der Waals surface area contributed by atoms with Crippen LogP contribution in [0.2, 0.25) is 0 Å². The lowest BCUT2D eigenvalue weighted by molar-refractivity contribution is -0.141. The van der Waals surface area contributed by atoms with Crippen LogP contribution in [0.15, 0.2) is 5.51 Å². The number of esters is 1. The molecule has 7 nitrogen and oxygen atoms in total. The zero-order valence-corrected chi connectivity index (χ0v) is 10.4. The summed E-state index contributed by atoms with van der Waals surface area (Å²) in [5, 5.41) is 27.8. The van der Waals surface area contributed by atoms with Crippen molar-refractivity contribution in [3.63, 3.8) is 0 Å². The first-order chi connectivity index (χ1) is 8.47. The molecule has 0 saturated heterocycles. The van der Waals surface area contributed by atoms with Gasteiger partial charge in [-0.25, -0.2) is 9.78 Å². The number of aliphatic hydroxyl groups excluding tert-OH is 2. The molecule has 100 valence electrons. The van der Waals surface area contributed by atoms with Gasteiger partial charge in [0.2, 0.25) is 0 Å². The van der Waals surface area contributed by atoms with Gasteiger partial charge in [0, 0.05) is 0 Å². The van der Waals surface area contributed by atoms with Gasteiger partial charge in [-0.05, 0) is 6.92 Å². The highest BCUT2D eigenvalue weighted by Crippen LogP contribution is 2.26. The lowest BCUT2D eigenvalue weighted by atomic mass is 10.1. The maximum atomic E-state index is 11.5. The van der Waals surface area contributed by atoms with E-state index >= 15 is 0 Å². The Labute approximate surface area is 107 Å². The van der Waals surface area contributed by atoms with Gasteiger partial charge in [-0.3, -0.25) is 4.79 Å². The van der Waals surface area contributed by atoms with Gasteiger partial charge < -0.3 is 20.1 Å². The van der Waals surface area contributed by atoms with E-state index < -0.39 is 30.6 Å². The van der Waals surface area contributed by atoms with Crippen molar-refractivity contribution in [3.05, 3.63) is 16.1 Å². The van der Waals surface area contributed by atoms with E-state index in [-0.39, 0.29) is 17.2 Å². The summed E-state index contributed by atoms with van der Waals surface area (Å²) in [5.74, 6) is -1.96. The molecule has 2 atom stereocenters. The fraction of sp³-hybridized carbons (Fsp3) is 0.500. The Morgan fingerprint density at radius 1 is 1.50 bits per heavy atom. The Morgan fingerprint density at radius 2 is 2.17 bits per heavy atom. The van der Waals surface area contributed by atoms with Crippen molar-refractivity contribution < 1.29 is 29.6 Å². The number of aromatic nitrogens is 1. The minimum atomic E-state index is -1.50. The summed E-state index contributed by atoms with van der Waals surface area (Å²) in [5.41, 5.74) is 1.22. The topological polar surface area (TPSA) is 117 Å². The first kappa shape index (κ1) is 14.6. The van der Waals surface area contributed by atoms with Crippen molar-refractivity contribution in [1.29, 1.82) is 0 Å². The second-order valence-corrected chi connectivity index (χ2v) is 4.28. The highest BCUT2D eigenvalue weighted by Gasteiger charge is 2.28. The normalized spacial score (nSPS) is 13.9. The van der Waals surface area contributed by atoms with Crippen molar-refractivity contribution in [1.82, 2.24) is 4.98 Å². The minimum Gasteiger partial charge on any atom is -0.481 e. The molecule has 0 radical (unpaired) electrons. The number of aliphatic carboxylic acids is 1. The predicted molar refractivity (Wildman–Crippen MR) is 61.3 cm³/mol. The third-order valence-electron chi connectivity index (χ3n) is 2.08. The summed E-state index contributed by atoms with van der Waals surface area (Å²) in [7, 11) is 0. The van der Waals surface area contributed by atoms with Crippen LogP contribution in [0.4, 0.5) is 0 Å². The number of hydrogen-bond acceptors (Lipinski definition) is 7. The second-order valence-electron chi connectivity index (χ2n) is 3.40. The fourth-order valence-corrected chi connectivity index (χ4v) is 2.10. The largest absolute Gasteiger partial charge is 0.481 e. The molecule has 2 unspecified atom stereocenters. The molecule has 0 amide bonds. The first-order valence-corrected chi connectivity index (χ1v) is 6.03. The van der Waals surface area contributed by atoms with Gasteiger partial charge in [0.1, 0.15) is 6.10 Å². The number of carboxylic acid groups (broad SMARTS) is 1. The van der Waals surface area contributed by atoms with Crippen LogP contribution in [-0.2, 0) is 9.53 Å². The minimum absolute atomic E-state index is 0.0983. The van der Waals surface area contributed by atoms with Gasteiger partial charge in [-0.1, -0.05) is 0 Å². The smallest absolute Gasteiger partial charge is 0.358 e. The molecule has 1 rings (SSSR count). The molecule has 0 aromatic carbocycles. The van der Waals surface area contributed by atoms with E-state index in [1.807, 2.05) is 0 Å². The lowest BCUT2D eigenvalue weighted by Gasteiger charge is -2.15. The maximum Gasteiger partial charge on any atom is 0.358 e. The van der Waals surface area contributed by atoms with E-state index in [2.05, 4.69) is 4.98 Å². The molecular formula is C10H13NO6S. The number of thiazole rings is 1. The fourth-order valence-electron chi connectivity index (χ4n) is 1.28. The van der Waals surface area contributed by atoms with E-state index in [9.17, 15) is 19.8 Å². The van der Waals surface area contributed by atoms with Gasteiger partial charge in [-0.2, -0.15) is 0 Å². The number of aliphatic hydroxyl groups is 2. The van der Waals surface area contributed by atoms with Crippen LogP contribution >= 0.6 is 11.3 Å². The van der Waals surface area contributed by atoms with Gasteiger partial charge in [0.25, 0.3) is 0 Å². The zero-order valence-electron chi connectivity index (χ0n) is 9.57. The molecule has 0 bridgehead atoms. The van der Waals surface area contributed by atoms with Gasteiger partial charge in [0.15, 0.2) is 5.69 Å². The van der Waals surface area contributed by atoms with Crippen LogP contribution in [0.5, 0.6) is 0 Å². The number of hydrogen-bond donors (Lipinski definition) is 3. The SMILES string of the molecule is CCOC(=O)c1ncsc1C(O)C(O)CC(=O)O. The molecule has 1 heterocycles. The van der Waals surface area contributed by atoms with E-state index in [0.29, 0.717) is 0 Å². The molecule has 8 heteroatoms. The zero-order chi connectivity index (χ0) is 13.7. The van der Waals surface area contributed by atoms with Gasteiger partial charge in [0.05, 0.1) is 29.5 Å². The number of carbonyl (C=O) groups excluding carboxylic acids is 1.